The number of nitrogens with two attached hydrogens (primary N) is 1. The van der Waals surface area contributed by atoms with Crippen LogP contribution in [-0.4, -0.2) is 11.7 Å². The average molecular weight is 203 g/mol. The Kier molecular flexibility index (Phi) is 1.58. The standard InChI is InChI=1S/C10H9N3S/c11-7-2-3-9-8(6-7)13-5-1-4-12-10(13)14-9/h1-4,6H,5,11H2. The number of aliphatic imine (C=N–C) groups is 1. The molecule has 2 N–H and O–H groups in total. The van der Waals surface area contributed by atoms with Crippen LogP contribution in [0.5, 0.6) is 0 Å². The van der Waals surface area contributed by atoms with Crippen LogP contribution in [0.4, 0.5) is 11.4 Å². The Hall–Kier alpha value is -1.42. The van der Waals surface area contributed by atoms with Gasteiger partial charge in [0.25, 0.3) is 0 Å². The predicted octanol–water partition coefficient (Wildman–Crippen LogP) is 2.06. The number of nitrogen functional groups attached to an aromatic ring is 1. The molecule has 0 aliphatic carbocycles. The minimum Gasteiger partial charge on any atom is -0.399 e. The molecule has 0 unspecified atom stereocenters. The zero-order valence-electron chi connectivity index (χ0n) is 7.47. The average Bonchev–Trinajstić information content (AvgIpc) is 2.56. The number of amidine groups is 1. The highest BCUT2D eigenvalue weighted by atomic mass is 32.2. The molecule has 14 heavy (non-hydrogen) atoms. The molecule has 3 nitrogen and oxygen atoms in total. The topological polar surface area (TPSA) is 41.6 Å². The van der Waals surface area contributed by atoms with E-state index in [1.54, 1.807) is 11.8 Å². The molecule has 0 saturated carbocycles. The number of hydrogen-bond acceptors (Lipinski definition) is 4. The first-order valence-corrected chi connectivity index (χ1v) is 5.24. The number of benzene rings is 1. The minimum absolute atomic E-state index is 0.806. The van der Waals surface area contributed by atoms with Crippen molar-refractivity contribution in [3.63, 3.8) is 0 Å². The molecule has 0 amide bonds. The maximum absolute atomic E-state index is 5.76. The van der Waals surface area contributed by atoms with E-state index < -0.39 is 0 Å². The summed E-state index contributed by atoms with van der Waals surface area (Å²) in [6, 6.07) is 5.98. The lowest BCUT2D eigenvalue weighted by molar-refractivity contribution is 1.11. The second-order valence-corrected chi connectivity index (χ2v) is 4.25. The molecule has 70 valence electrons. The molecule has 0 aromatic heterocycles. The summed E-state index contributed by atoms with van der Waals surface area (Å²) in [5.74, 6) is 0. The summed E-state index contributed by atoms with van der Waals surface area (Å²) < 4.78 is 0. The molecule has 0 radical (unpaired) electrons. The van der Waals surface area contributed by atoms with Gasteiger partial charge in [-0.2, -0.15) is 0 Å². The van der Waals surface area contributed by atoms with Gasteiger partial charge >= 0.3 is 0 Å². The Morgan fingerprint density at radius 3 is 3.29 bits per heavy atom. The van der Waals surface area contributed by atoms with Crippen LogP contribution in [-0.2, 0) is 0 Å². The molecular weight excluding hydrogens is 194 g/mol. The number of anilines is 2. The lowest BCUT2D eigenvalue weighted by Gasteiger charge is -2.19. The quantitative estimate of drug-likeness (QED) is 0.656. The molecular formula is C10H9N3S. The lowest BCUT2D eigenvalue weighted by Crippen LogP contribution is -2.26. The van der Waals surface area contributed by atoms with E-state index in [4.69, 9.17) is 5.73 Å². The SMILES string of the molecule is Nc1ccc2c(c1)N1CC=CN=C1S2. The first-order chi connectivity index (χ1) is 6.84. The van der Waals surface area contributed by atoms with Gasteiger partial charge in [0.05, 0.1) is 5.69 Å². The van der Waals surface area contributed by atoms with Crippen LogP contribution in [0.2, 0.25) is 0 Å². The molecule has 4 heteroatoms. The molecule has 0 saturated heterocycles. The Morgan fingerprint density at radius 1 is 1.43 bits per heavy atom. The van der Waals surface area contributed by atoms with E-state index in [9.17, 15) is 0 Å². The van der Waals surface area contributed by atoms with Gasteiger partial charge in [0, 0.05) is 23.3 Å². The van der Waals surface area contributed by atoms with Crippen molar-refractivity contribution in [2.24, 2.45) is 4.99 Å². The summed E-state index contributed by atoms with van der Waals surface area (Å²) in [5.41, 5.74) is 7.74. The highest BCUT2D eigenvalue weighted by Gasteiger charge is 2.26. The number of thioether (sulfide) groups is 1. The first kappa shape index (κ1) is 7.94. The first-order valence-electron chi connectivity index (χ1n) is 4.42. The molecule has 2 aliphatic heterocycles. The van der Waals surface area contributed by atoms with Crippen molar-refractivity contribution in [1.29, 1.82) is 0 Å². The summed E-state index contributed by atoms with van der Waals surface area (Å²) in [6.07, 6.45) is 3.90. The number of fused-ring (bicyclic) bond motifs is 3. The Labute approximate surface area is 86.3 Å². The monoisotopic (exact) mass is 203 g/mol. The Balaban J connectivity index is 2.13. The van der Waals surface area contributed by atoms with Crippen molar-refractivity contribution in [1.82, 2.24) is 0 Å². The zero-order chi connectivity index (χ0) is 9.54. The molecule has 2 aliphatic rings. The van der Waals surface area contributed by atoms with Crippen LogP contribution in [0, 0.1) is 0 Å². The molecule has 1 aromatic rings. The number of hydrogen-bond donors (Lipinski definition) is 1. The lowest BCUT2D eigenvalue weighted by atomic mass is 10.2. The van der Waals surface area contributed by atoms with Crippen molar-refractivity contribution in [2.75, 3.05) is 17.2 Å². The molecule has 0 atom stereocenters. The molecule has 0 bridgehead atoms. The van der Waals surface area contributed by atoms with Gasteiger partial charge in [-0.15, -0.1) is 0 Å². The van der Waals surface area contributed by atoms with Gasteiger partial charge in [0.2, 0.25) is 0 Å². The van der Waals surface area contributed by atoms with Crippen molar-refractivity contribution in [2.45, 2.75) is 4.90 Å². The fraction of sp³-hybridized carbons (Fsp3) is 0.100. The maximum atomic E-state index is 5.76. The normalized spacial score (nSPS) is 17.7. The molecule has 3 rings (SSSR count). The third-order valence-corrected chi connectivity index (χ3v) is 3.36. The van der Waals surface area contributed by atoms with Gasteiger partial charge in [0.1, 0.15) is 0 Å². The van der Waals surface area contributed by atoms with Crippen LogP contribution in [0.15, 0.2) is 40.4 Å². The molecule has 0 spiro atoms. The van der Waals surface area contributed by atoms with Crippen LogP contribution >= 0.6 is 11.8 Å². The second-order valence-electron chi connectivity index (χ2n) is 3.24. The zero-order valence-corrected chi connectivity index (χ0v) is 8.29. The van der Waals surface area contributed by atoms with Crippen LogP contribution in [0.3, 0.4) is 0 Å². The van der Waals surface area contributed by atoms with E-state index in [0.717, 1.165) is 17.4 Å². The van der Waals surface area contributed by atoms with E-state index in [-0.39, 0.29) is 0 Å². The number of rotatable bonds is 0. The van der Waals surface area contributed by atoms with Crippen LogP contribution < -0.4 is 10.6 Å². The molecule has 0 fully saturated rings. The summed E-state index contributed by atoms with van der Waals surface area (Å²) in [6.45, 7) is 0.891. The van der Waals surface area contributed by atoms with Crippen LogP contribution in [0.1, 0.15) is 0 Å². The van der Waals surface area contributed by atoms with Crippen LogP contribution in [0.25, 0.3) is 0 Å². The van der Waals surface area contributed by atoms with Crippen molar-refractivity contribution in [3.05, 3.63) is 30.5 Å². The van der Waals surface area contributed by atoms with Crippen molar-refractivity contribution < 1.29 is 0 Å². The van der Waals surface area contributed by atoms with Gasteiger partial charge in [-0.25, -0.2) is 4.99 Å². The summed E-state index contributed by atoms with van der Waals surface area (Å²) in [7, 11) is 0. The van der Waals surface area contributed by atoms with Gasteiger partial charge in [-0.05, 0) is 36.0 Å². The van der Waals surface area contributed by atoms with Gasteiger partial charge < -0.3 is 10.6 Å². The minimum atomic E-state index is 0.806. The highest BCUT2D eigenvalue weighted by Crippen LogP contribution is 2.41. The predicted molar refractivity (Wildman–Crippen MR) is 60.6 cm³/mol. The van der Waals surface area contributed by atoms with Crippen molar-refractivity contribution in [3.8, 4) is 0 Å². The number of nitrogens with zero attached hydrogens (tertiary/aromatic N) is 2. The van der Waals surface area contributed by atoms with E-state index >= 15 is 0 Å². The fourth-order valence-corrected chi connectivity index (χ4v) is 2.63. The van der Waals surface area contributed by atoms with E-state index in [1.807, 2.05) is 24.4 Å². The Morgan fingerprint density at radius 2 is 2.36 bits per heavy atom. The van der Waals surface area contributed by atoms with Gasteiger partial charge in [-0.1, -0.05) is 0 Å². The Bertz CT molecular complexity index is 451. The third kappa shape index (κ3) is 1.04. The summed E-state index contributed by atoms with van der Waals surface area (Å²) in [4.78, 5) is 7.73. The van der Waals surface area contributed by atoms with E-state index in [1.165, 1.54) is 10.6 Å². The van der Waals surface area contributed by atoms with E-state index in [2.05, 4.69) is 16.0 Å². The van der Waals surface area contributed by atoms with Crippen molar-refractivity contribution >= 4 is 28.3 Å². The van der Waals surface area contributed by atoms with E-state index in [0.29, 0.717) is 0 Å². The largest absolute Gasteiger partial charge is 0.399 e. The summed E-state index contributed by atoms with van der Waals surface area (Å²) in [5, 5.41) is 1.05. The third-order valence-electron chi connectivity index (χ3n) is 2.28. The highest BCUT2D eigenvalue weighted by molar-refractivity contribution is 8.14. The van der Waals surface area contributed by atoms with Gasteiger partial charge in [-0.3, -0.25) is 0 Å². The van der Waals surface area contributed by atoms with Gasteiger partial charge in [0.15, 0.2) is 5.17 Å². The second kappa shape index (κ2) is 2.78. The summed E-state index contributed by atoms with van der Waals surface area (Å²) >= 11 is 1.70. The fourth-order valence-electron chi connectivity index (χ4n) is 1.63. The molecule has 2 heterocycles. The maximum Gasteiger partial charge on any atom is 0.173 e. The molecule has 1 aromatic carbocycles. The smallest absolute Gasteiger partial charge is 0.173 e.